The van der Waals surface area contributed by atoms with Crippen molar-refractivity contribution in [3.8, 4) is 0 Å². The Bertz CT molecular complexity index is 503. The molecule has 0 aromatic carbocycles. The van der Waals surface area contributed by atoms with E-state index in [2.05, 4.69) is 41.5 Å². The summed E-state index contributed by atoms with van der Waals surface area (Å²) < 4.78 is 5.88. The number of fused-ring (bicyclic) bond motifs is 1. The molecule has 3 fully saturated rings. The lowest BCUT2D eigenvalue weighted by atomic mass is 9.83. The molecule has 132 valence electrons. The van der Waals surface area contributed by atoms with Crippen LogP contribution in [0.25, 0.3) is 0 Å². The van der Waals surface area contributed by atoms with Crippen LogP contribution < -0.4 is 0 Å². The molecule has 3 saturated carbocycles. The topological polar surface area (TPSA) is 46.5 Å². The Hall–Kier alpha value is -0.570. The molecule has 23 heavy (non-hydrogen) atoms. The van der Waals surface area contributed by atoms with Crippen molar-refractivity contribution in [2.24, 2.45) is 40.4 Å². The molecule has 0 heterocycles. The Morgan fingerprint density at radius 3 is 2.30 bits per heavy atom. The summed E-state index contributed by atoms with van der Waals surface area (Å²) in [6, 6.07) is 0. The van der Waals surface area contributed by atoms with E-state index < -0.39 is 5.60 Å². The lowest BCUT2D eigenvalue weighted by molar-refractivity contribution is -0.172. The third kappa shape index (κ3) is 2.73. The Labute approximate surface area is 141 Å². The quantitative estimate of drug-likeness (QED) is 0.795. The summed E-state index contributed by atoms with van der Waals surface area (Å²) in [5.74, 6) is 2.13. The standard InChI is InChI=1S/C20H34O3/c1-11(2)8-13-16(19(13,5)6)17(21)23-15-9-12-14(18(12,3)4)10-20(15,7)22/h11-16,22H,8-10H2,1-7H3/t12-,13+,14+,15-,16+,20-/m1/s1. The summed E-state index contributed by atoms with van der Waals surface area (Å²) in [4.78, 5) is 12.7. The maximum absolute atomic E-state index is 12.7. The van der Waals surface area contributed by atoms with Crippen LogP contribution in [-0.2, 0) is 9.53 Å². The smallest absolute Gasteiger partial charge is 0.310 e. The molecule has 3 aliphatic carbocycles. The number of carbonyl (C=O) groups excluding carboxylic acids is 1. The fraction of sp³-hybridized carbons (Fsp3) is 0.950. The van der Waals surface area contributed by atoms with Crippen LogP contribution in [0.1, 0.15) is 67.7 Å². The molecule has 1 N–H and O–H groups in total. The predicted octanol–water partition coefficient (Wildman–Crippen LogP) is 4.03. The molecule has 0 aromatic heterocycles. The van der Waals surface area contributed by atoms with E-state index in [0.29, 0.717) is 29.1 Å². The molecule has 0 radical (unpaired) electrons. The van der Waals surface area contributed by atoms with Crippen LogP contribution in [0.5, 0.6) is 0 Å². The number of rotatable bonds is 4. The number of ether oxygens (including phenoxy) is 1. The van der Waals surface area contributed by atoms with Crippen molar-refractivity contribution in [3.05, 3.63) is 0 Å². The zero-order chi connectivity index (χ0) is 17.4. The molecular formula is C20H34O3. The van der Waals surface area contributed by atoms with Crippen molar-refractivity contribution in [2.45, 2.75) is 79.4 Å². The highest BCUT2D eigenvalue weighted by Crippen LogP contribution is 2.67. The molecule has 0 unspecified atom stereocenters. The van der Waals surface area contributed by atoms with Gasteiger partial charge in [0.2, 0.25) is 0 Å². The highest BCUT2D eigenvalue weighted by Gasteiger charge is 2.66. The zero-order valence-electron chi connectivity index (χ0n) is 15.8. The average molecular weight is 322 g/mol. The molecule has 6 atom stereocenters. The maximum Gasteiger partial charge on any atom is 0.310 e. The number of carbonyl (C=O) groups is 1. The van der Waals surface area contributed by atoms with Crippen molar-refractivity contribution >= 4 is 5.97 Å². The first-order valence-corrected chi connectivity index (χ1v) is 9.32. The van der Waals surface area contributed by atoms with Gasteiger partial charge in [-0.25, -0.2) is 0 Å². The average Bonchev–Trinajstić information content (AvgIpc) is 3.10. The van der Waals surface area contributed by atoms with Gasteiger partial charge in [0.15, 0.2) is 0 Å². The van der Waals surface area contributed by atoms with Gasteiger partial charge in [-0.15, -0.1) is 0 Å². The van der Waals surface area contributed by atoms with Crippen LogP contribution in [-0.4, -0.2) is 22.8 Å². The van der Waals surface area contributed by atoms with Gasteiger partial charge < -0.3 is 9.84 Å². The minimum absolute atomic E-state index is 0.00522. The molecule has 0 amide bonds. The van der Waals surface area contributed by atoms with Crippen LogP contribution in [0, 0.1) is 40.4 Å². The van der Waals surface area contributed by atoms with E-state index in [0.717, 1.165) is 19.3 Å². The monoisotopic (exact) mass is 322 g/mol. The largest absolute Gasteiger partial charge is 0.459 e. The van der Waals surface area contributed by atoms with Gasteiger partial charge in [0.25, 0.3) is 0 Å². The summed E-state index contributed by atoms with van der Waals surface area (Å²) in [7, 11) is 0. The highest BCUT2D eigenvalue weighted by molar-refractivity contribution is 5.78. The molecule has 0 bridgehead atoms. The third-order valence-corrected chi connectivity index (χ3v) is 7.37. The molecule has 0 spiro atoms. The molecule has 0 saturated heterocycles. The fourth-order valence-corrected chi connectivity index (χ4v) is 5.34. The lowest BCUT2D eigenvalue weighted by Gasteiger charge is -2.36. The maximum atomic E-state index is 12.7. The number of esters is 1. The van der Waals surface area contributed by atoms with Crippen LogP contribution in [0.2, 0.25) is 0 Å². The van der Waals surface area contributed by atoms with E-state index in [1.807, 2.05) is 6.92 Å². The fourth-order valence-electron chi connectivity index (χ4n) is 5.34. The van der Waals surface area contributed by atoms with Gasteiger partial charge in [-0.1, -0.05) is 41.5 Å². The van der Waals surface area contributed by atoms with E-state index in [-0.39, 0.29) is 23.4 Å². The Morgan fingerprint density at radius 2 is 1.74 bits per heavy atom. The second-order valence-corrected chi connectivity index (χ2v) is 10.3. The minimum Gasteiger partial charge on any atom is -0.459 e. The number of hydrogen-bond donors (Lipinski definition) is 1. The van der Waals surface area contributed by atoms with Crippen molar-refractivity contribution in [1.29, 1.82) is 0 Å². The van der Waals surface area contributed by atoms with Crippen molar-refractivity contribution in [3.63, 3.8) is 0 Å². The molecule has 3 nitrogen and oxygen atoms in total. The Kier molecular flexibility index (Phi) is 3.73. The van der Waals surface area contributed by atoms with Gasteiger partial charge in [-0.2, -0.15) is 0 Å². The molecule has 3 aliphatic rings. The molecular weight excluding hydrogens is 288 g/mol. The normalized spacial score (nSPS) is 46.2. The predicted molar refractivity (Wildman–Crippen MR) is 90.7 cm³/mol. The number of aliphatic hydroxyl groups is 1. The second-order valence-electron chi connectivity index (χ2n) is 10.3. The summed E-state index contributed by atoms with van der Waals surface area (Å²) in [5.41, 5.74) is -0.537. The van der Waals surface area contributed by atoms with Crippen LogP contribution in [0.4, 0.5) is 0 Å². The van der Waals surface area contributed by atoms with Crippen molar-refractivity contribution in [2.75, 3.05) is 0 Å². The van der Waals surface area contributed by atoms with Gasteiger partial charge in [0.1, 0.15) is 6.10 Å². The summed E-state index contributed by atoms with van der Waals surface area (Å²) in [5, 5.41) is 10.8. The summed E-state index contributed by atoms with van der Waals surface area (Å²) in [6.45, 7) is 15.1. The van der Waals surface area contributed by atoms with E-state index in [1.165, 1.54) is 0 Å². The molecule has 0 aliphatic heterocycles. The summed E-state index contributed by atoms with van der Waals surface area (Å²) >= 11 is 0. The third-order valence-electron chi connectivity index (χ3n) is 7.37. The SMILES string of the molecule is CC(C)C[C@H]1[C@@H](C(=O)O[C@@H]2C[C@@H]3[C@H](C[C@@]2(C)O)C3(C)C)C1(C)C. The molecule has 3 heteroatoms. The Balaban J connectivity index is 1.64. The van der Waals surface area contributed by atoms with E-state index in [9.17, 15) is 9.90 Å². The van der Waals surface area contributed by atoms with Gasteiger partial charge >= 0.3 is 5.97 Å². The first-order valence-electron chi connectivity index (χ1n) is 9.32. The minimum atomic E-state index is -0.878. The lowest BCUT2D eigenvalue weighted by Crippen LogP contribution is -2.46. The second kappa shape index (κ2) is 4.97. The van der Waals surface area contributed by atoms with Gasteiger partial charge in [-0.3, -0.25) is 4.79 Å². The van der Waals surface area contributed by atoms with Crippen LogP contribution in [0.3, 0.4) is 0 Å². The van der Waals surface area contributed by atoms with Crippen molar-refractivity contribution < 1.29 is 14.6 Å². The first kappa shape index (κ1) is 17.3. The van der Waals surface area contributed by atoms with Crippen LogP contribution in [0.15, 0.2) is 0 Å². The van der Waals surface area contributed by atoms with Gasteiger partial charge in [0, 0.05) is 0 Å². The van der Waals surface area contributed by atoms with Gasteiger partial charge in [0.05, 0.1) is 11.5 Å². The van der Waals surface area contributed by atoms with E-state index in [4.69, 9.17) is 4.74 Å². The highest BCUT2D eigenvalue weighted by atomic mass is 16.6. The Morgan fingerprint density at radius 1 is 1.13 bits per heavy atom. The van der Waals surface area contributed by atoms with Crippen LogP contribution >= 0.6 is 0 Å². The van der Waals surface area contributed by atoms with E-state index >= 15 is 0 Å². The first-order chi connectivity index (χ1) is 10.4. The summed E-state index contributed by atoms with van der Waals surface area (Å²) in [6.07, 6.45) is 2.31. The molecule has 3 rings (SSSR count). The van der Waals surface area contributed by atoms with E-state index in [1.54, 1.807) is 0 Å². The zero-order valence-corrected chi connectivity index (χ0v) is 15.8. The van der Waals surface area contributed by atoms with Crippen molar-refractivity contribution in [1.82, 2.24) is 0 Å². The molecule has 0 aromatic rings. The van der Waals surface area contributed by atoms with Gasteiger partial charge in [-0.05, 0) is 60.7 Å². The number of hydrogen-bond acceptors (Lipinski definition) is 3.